The third-order valence-corrected chi connectivity index (χ3v) is 7.27. The first kappa shape index (κ1) is 22.5. The molecule has 1 aromatic carbocycles. The Hall–Kier alpha value is -3.26. The molecule has 2 fully saturated rings. The van der Waals surface area contributed by atoms with Crippen LogP contribution in [0, 0.1) is 12.8 Å². The van der Waals surface area contributed by atoms with E-state index in [2.05, 4.69) is 36.9 Å². The molecule has 4 heterocycles. The van der Waals surface area contributed by atoms with E-state index in [-0.39, 0.29) is 17.7 Å². The van der Waals surface area contributed by atoms with E-state index in [0.717, 1.165) is 40.9 Å². The molecule has 0 saturated carbocycles. The van der Waals surface area contributed by atoms with Crippen LogP contribution in [0.4, 0.5) is 5.82 Å². The number of fused-ring (bicyclic) bond motifs is 1. The number of piperidine rings is 1. The number of nitrogens with one attached hydrogen (secondary N) is 1. The molecule has 2 aromatic heterocycles. The van der Waals surface area contributed by atoms with Gasteiger partial charge in [0, 0.05) is 43.2 Å². The first-order valence-corrected chi connectivity index (χ1v) is 12.2. The van der Waals surface area contributed by atoms with Crippen LogP contribution in [-0.4, -0.2) is 68.9 Å². The standard InChI is InChI=1S/C26H32N6O2/c1-18-27-16-23(30(18)2)20-5-6-21-15-28-24(14-22(21)13-20)29-26(34)19-7-11-32(12-8-19)25(33)17-31-9-3-4-10-31/h5-6,13-16,19H,3-4,7-12,17H2,1-2H3,(H,28,29,34). The number of aryl methyl sites for hydroxylation is 1. The molecule has 5 rings (SSSR count). The largest absolute Gasteiger partial charge is 0.342 e. The molecule has 2 aliphatic rings. The summed E-state index contributed by atoms with van der Waals surface area (Å²) in [6.45, 7) is 5.82. The van der Waals surface area contributed by atoms with Crippen LogP contribution in [-0.2, 0) is 16.6 Å². The molecule has 0 spiro atoms. The van der Waals surface area contributed by atoms with Gasteiger partial charge in [-0.2, -0.15) is 0 Å². The summed E-state index contributed by atoms with van der Waals surface area (Å²) < 4.78 is 2.06. The molecule has 8 nitrogen and oxygen atoms in total. The number of aromatic nitrogens is 3. The summed E-state index contributed by atoms with van der Waals surface area (Å²) in [5, 5.41) is 5.04. The fraction of sp³-hybridized carbons (Fsp3) is 0.462. The normalized spacial score (nSPS) is 17.4. The van der Waals surface area contributed by atoms with Crippen molar-refractivity contribution in [3.05, 3.63) is 42.5 Å². The molecule has 0 bridgehead atoms. The van der Waals surface area contributed by atoms with E-state index in [1.54, 1.807) is 6.20 Å². The van der Waals surface area contributed by atoms with Gasteiger partial charge in [-0.15, -0.1) is 0 Å². The lowest BCUT2D eigenvalue weighted by Crippen LogP contribution is -2.45. The van der Waals surface area contributed by atoms with Crippen molar-refractivity contribution in [3.8, 4) is 11.3 Å². The van der Waals surface area contributed by atoms with Gasteiger partial charge in [0.15, 0.2) is 0 Å². The zero-order valence-corrected chi connectivity index (χ0v) is 20.0. The Balaban J connectivity index is 1.21. The van der Waals surface area contributed by atoms with Crippen LogP contribution < -0.4 is 5.32 Å². The number of rotatable bonds is 5. The lowest BCUT2D eigenvalue weighted by molar-refractivity contribution is -0.135. The predicted molar refractivity (Wildman–Crippen MR) is 132 cm³/mol. The quantitative estimate of drug-likeness (QED) is 0.632. The van der Waals surface area contributed by atoms with Gasteiger partial charge in [0.05, 0.1) is 18.4 Å². The highest BCUT2D eigenvalue weighted by molar-refractivity contribution is 5.95. The van der Waals surface area contributed by atoms with Crippen LogP contribution in [0.15, 0.2) is 36.7 Å². The number of hydrogen-bond donors (Lipinski definition) is 1. The second kappa shape index (κ2) is 9.54. The average Bonchev–Trinajstić information content (AvgIpc) is 3.48. The number of carbonyl (C=O) groups is 2. The smallest absolute Gasteiger partial charge is 0.236 e. The molecule has 3 aromatic rings. The Morgan fingerprint density at radius 1 is 1.00 bits per heavy atom. The van der Waals surface area contributed by atoms with Gasteiger partial charge >= 0.3 is 0 Å². The number of anilines is 1. The SMILES string of the molecule is Cc1ncc(-c2ccc3cnc(NC(=O)C4CCN(C(=O)CN5CCCC5)CC4)cc3c2)n1C. The van der Waals surface area contributed by atoms with Gasteiger partial charge in [-0.05, 0) is 63.2 Å². The minimum Gasteiger partial charge on any atom is -0.342 e. The van der Waals surface area contributed by atoms with Crippen molar-refractivity contribution in [3.63, 3.8) is 0 Å². The maximum absolute atomic E-state index is 12.9. The fourth-order valence-corrected chi connectivity index (χ4v) is 4.99. The highest BCUT2D eigenvalue weighted by Gasteiger charge is 2.28. The molecule has 1 N–H and O–H groups in total. The maximum Gasteiger partial charge on any atom is 0.236 e. The van der Waals surface area contributed by atoms with Crippen molar-refractivity contribution in [2.75, 3.05) is 38.0 Å². The molecule has 2 saturated heterocycles. The van der Waals surface area contributed by atoms with Crippen LogP contribution in [0.25, 0.3) is 22.0 Å². The van der Waals surface area contributed by atoms with Crippen molar-refractivity contribution in [2.45, 2.75) is 32.6 Å². The predicted octanol–water partition coefficient (Wildman–Crippen LogP) is 3.22. The molecule has 0 unspecified atom stereocenters. The Morgan fingerprint density at radius 3 is 2.47 bits per heavy atom. The highest BCUT2D eigenvalue weighted by Crippen LogP contribution is 2.26. The van der Waals surface area contributed by atoms with Crippen LogP contribution in [0.1, 0.15) is 31.5 Å². The number of pyridine rings is 1. The van der Waals surface area contributed by atoms with Gasteiger partial charge in [0.2, 0.25) is 11.8 Å². The first-order valence-electron chi connectivity index (χ1n) is 12.2. The average molecular weight is 461 g/mol. The Bertz CT molecular complexity index is 1210. The van der Waals surface area contributed by atoms with Gasteiger partial charge in [-0.1, -0.05) is 12.1 Å². The number of amides is 2. The molecule has 2 aliphatic heterocycles. The number of likely N-dealkylation sites (tertiary alicyclic amines) is 2. The lowest BCUT2D eigenvalue weighted by Gasteiger charge is -2.32. The topological polar surface area (TPSA) is 83.4 Å². The Labute approximate surface area is 200 Å². The van der Waals surface area contributed by atoms with Gasteiger partial charge in [0.1, 0.15) is 11.6 Å². The summed E-state index contributed by atoms with van der Waals surface area (Å²) in [6.07, 6.45) is 7.42. The van der Waals surface area contributed by atoms with E-state index >= 15 is 0 Å². The molecule has 0 aliphatic carbocycles. The van der Waals surface area contributed by atoms with Crippen molar-refractivity contribution >= 4 is 28.4 Å². The molecule has 0 atom stereocenters. The van der Waals surface area contributed by atoms with Crippen molar-refractivity contribution < 1.29 is 9.59 Å². The summed E-state index contributed by atoms with van der Waals surface area (Å²) >= 11 is 0. The van der Waals surface area contributed by atoms with E-state index in [0.29, 0.717) is 38.3 Å². The van der Waals surface area contributed by atoms with Crippen molar-refractivity contribution in [2.24, 2.45) is 13.0 Å². The lowest BCUT2D eigenvalue weighted by atomic mass is 9.96. The van der Waals surface area contributed by atoms with E-state index in [9.17, 15) is 9.59 Å². The van der Waals surface area contributed by atoms with Gasteiger partial charge < -0.3 is 14.8 Å². The summed E-state index contributed by atoms with van der Waals surface area (Å²) in [6, 6.07) is 8.14. The number of benzene rings is 1. The summed E-state index contributed by atoms with van der Waals surface area (Å²) in [7, 11) is 2.01. The zero-order chi connectivity index (χ0) is 23.7. The number of hydrogen-bond acceptors (Lipinski definition) is 5. The molecule has 0 radical (unpaired) electrons. The minimum absolute atomic E-state index is 0.0168. The third kappa shape index (κ3) is 4.68. The maximum atomic E-state index is 12.9. The number of carbonyl (C=O) groups excluding carboxylic acids is 2. The van der Waals surface area contributed by atoms with Crippen LogP contribution in [0.5, 0.6) is 0 Å². The molecular weight excluding hydrogens is 428 g/mol. The minimum atomic E-state index is -0.0999. The Morgan fingerprint density at radius 2 is 1.76 bits per heavy atom. The van der Waals surface area contributed by atoms with Gasteiger partial charge in [-0.25, -0.2) is 9.97 Å². The van der Waals surface area contributed by atoms with E-state index in [1.807, 2.05) is 37.2 Å². The number of imidazole rings is 1. The van der Waals surface area contributed by atoms with E-state index in [4.69, 9.17) is 0 Å². The second-order valence-electron chi connectivity index (χ2n) is 9.51. The summed E-state index contributed by atoms with van der Waals surface area (Å²) in [4.78, 5) is 38.5. The monoisotopic (exact) mass is 460 g/mol. The van der Waals surface area contributed by atoms with Crippen LogP contribution in [0.2, 0.25) is 0 Å². The first-order chi connectivity index (χ1) is 16.5. The highest BCUT2D eigenvalue weighted by atomic mass is 16.2. The van der Waals surface area contributed by atoms with Gasteiger partial charge in [-0.3, -0.25) is 14.5 Å². The number of nitrogens with zero attached hydrogens (tertiary/aromatic N) is 5. The molecule has 2 amide bonds. The molecule has 178 valence electrons. The van der Waals surface area contributed by atoms with E-state index < -0.39 is 0 Å². The van der Waals surface area contributed by atoms with Crippen molar-refractivity contribution in [1.29, 1.82) is 0 Å². The van der Waals surface area contributed by atoms with E-state index in [1.165, 1.54) is 12.8 Å². The third-order valence-electron chi connectivity index (χ3n) is 7.27. The Kier molecular flexibility index (Phi) is 6.32. The molecular formula is C26H32N6O2. The van der Waals surface area contributed by atoms with Gasteiger partial charge in [0.25, 0.3) is 0 Å². The summed E-state index contributed by atoms with van der Waals surface area (Å²) in [5.74, 6) is 1.59. The van der Waals surface area contributed by atoms with Crippen molar-refractivity contribution in [1.82, 2.24) is 24.3 Å². The zero-order valence-electron chi connectivity index (χ0n) is 20.0. The fourth-order valence-electron chi connectivity index (χ4n) is 4.99. The van der Waals surface area contributed by atoms with Crippen LogP contribution >= 0.6 is 0 Å². The summed E-state index contributed by atoms with van der Waals surface area (Å²) in [5.41, 5.74) is 2.12. The molecule has 34 heavy (non-hydrogen) atoms. The molecule has 8 heteroatoms. The van der Waals surface area contributed by atoms with Crippen LogP contribution in [0.3, 0.4) is 0 Å². The second-order valence-corrected chi connectivity index (χ2v) is 9.51.